The number of thiol groups is 1. The number of benzene rings is 1. The van der Waals surface area contributed by atoms with Gasteiger partial charge in [-0.25, -0.2) is 4.79 Å². The largest absolute Gasteiger partial charge is 0.480 e. The van der Waals surface area contributed by atoms with Gasteiger partial charge in [0.25, 0.3) is 5.91 Å². The number of aliphatic carboxylic acids is 1. The van der Waals surface area contributed by atoms with Crippen molar-refractivity contribution in [3.8, 4) is 0 Å². The summed E-state index contributed by atoms with van der Waals surface area (Å²) < 4.78 is 0. The van der Waals surface area contributed by atoms with Crippen molar-refractivity contribution < 1.29 is 19.5 Å². The number of rotatable bonds is 10. The summed E-state index contributed by atoms with van der Waals surface area (Å²) in [6, 6.07) is 7.95. The van der Waals surface area contributed by atoms with Crippen molar-refractivity contribution in [2.45, 2.75) is 57.9 Å². The van der Waals surface area contributed by atoms with E-state index in [9.17, 15) is 19.5 Å². The predicted molar refractivity (Wildman–Crippen MR) is 108 cm³/mol. The molecule has 1 aromatic rings. The zero-order valence-electron chi connectivity index (χ0n) is 16.4. The molecular weight excluding hydrogens is 364 g/mol. The summed E-state index contributed by atoms with van der Waals surface area (Å²) in [7, 11) is 0. The third-order valence-corrected chi connectivity index (χ3v) is 4.40. The van der Waals surface area contributed by atoms with E-state index in [4.69, 9.17) is 0 Å². The van der Waals surface area contributed by atoms with Crippen LogP contribution in [0.15, 0.2) is 30.3 Å². The topological polar surface area (TPSA) is 95.5 Å². The number of carbonyl (C=O) groups excluding carboxylic acids is 2. The van der Waals surface area contributed by atoms with Gasteiger partial charge in [0.2, 0.25) is 5.91 Å². The van der Waals surface area contributed by atoms with Gasteiger partial charge in [-0.2, -0.15) is 0 Å². The lowest BCUT2D eigenvalue weighted by Gasteiger charge is -2.31. The molecule has 1 rings (SSSR count). The van der Waals surface area contributed by atoms with Gasteiger partial charge in [-0.15, -0.1) is 12.6 Å². The number of carboxylic acid groups (broad SMARTS) is 1. The van der Waals surface area contributed by atoms with E-state index in [1.54, 1.807) is 12.1 Å². The summed E-state index contributed by atoms with van der Waals surface area (Å²) in [6.45, 7) is 7.63. The van der Waals surface area contributed by atoms with Gasteiger partial charge in [0.05, 0.1) is 0 Å². The van der Waals surface area contributed by atoms with Gasteiger partial charge < -0.3 is 15.7 Å². The van der Waals surface area contributed by atoms with Crippen LogP contribution in [-0.4, -0.2) is 33.8 Å². The first-order chi connectivity index (χ1) is 12.5. The first kappa shape index (κ1) is 23.0. The number of carboxylic acids is 1. The van der Waals surface area contributed by atoms with Gasteiger partial charge in [-0.3, -0.25) is 9.59 Å². The van der Waals surface area contributed by atoms with E-state index in [0.29, 0.717) is 0 Å². The highest BCUT2D eigenvalue weighted by molar-refractivity contribution is 7.82. The average Bonchev–Trinajstić information content (AvgIpc) is 2.53. The molecular formula is C20H30N2O4S. The standard InChI is InChI=1S/C20H30N2O4S/c1-13(2)10-17(23)22-20(27,12-14(3)4)19(26)21-16(18(24)25)11-15-8-6-5-7-9-15/h5-9,13-14,16,27H,10-12H2,1-4H3,(H,21,26)(H,22,23)(H,24,25)/t16-,20+/m0/s1. The van der Waals surface area contributed by atoms with Crippen molar-refractivity contribution in [3.05, 3.63) is 35.9 Å². The summed E-state index contributed by atoms with van der Waals surface area (Å²) in [6.07, 6.45) is 0.691. The fourth-order valence-electron chi connectivity index (χ4n) is 2.77. The molecule has 0 heterocycles. The second-order valence-electron chi connectivity index (χ2n) is 7.66. The highest BCUT2D eigenvalue weighted by Crippen LogP contribution is 2.23. The van der Waals surface area contributed by atoms with Gasteiger partial charge in [0.15, 0.2) is 4.87 Å². The summed E-state index contributed by atoms with van der Waals surface area (Å²) in [5, 5.41) is 14.7. The molecule has 1 aromatic carbocycles. The fraction of sp³-hybridized carbons (Fsp3) is 0.550. The van der Waals surface area contributed by atoms with E-state index in [0.717, 1.165) is 5.56 Å². The Morgan fingerprint density at radius 1 is 1.07 bits per heavy atom. The Bertz CT molecular complexity index is 649. The summed E-state index contributed by atoms with van der Waals surface area (Å²) >= 11 is 4.45. The molecule has 0 saturated carbocycles. The maximum Gasteiger partial charge on any atom is 0.326 e. The third kappa shape index (κ3) is 8.03. The monoisotopic (exact) mass is 394 g/mol. The van der Waals surface area contributed by atoms with E-state index < -0.39 is 22.8 Å². The SMILES string of the molecule is CC(C)CC(=O)N[C@@](S)(CC(C)C)C(=O)N[C@@H](Cc1ccccc1)C(=O)O. The molecule has 2 amide bonds. The van der Waals surface area contributed by atoms with Crippen LogP contribution in [0.5, 0.6) is 0 Å². The van der Waals surface area contributed by atoms with Crippen molar-refractivity contribution in [1.29, 1.82) is 0 Å². The van der Waals surface area contributed by atoms with Crippen LogP contribution >= 0.6 is 12.6 Å². The maximum absolute atomic E-state index is 12.9. The minimum Gasteiger partial charge on any atom is -0.480 e. The number of hydrogen-bond donors (Lipinski definition) is 4. The van der Waals surface area contributed by atoms with Crippen LogP contribution in [0.3, 0.4) is 0 Å². The van der Waals surface area contributed by atoms with Crippen LogP contribution in [0.25, 0.3) is 0 Å². The quantitative estimate of drug-likeness (QED) is 0.362. The van der Waals surface area contributed by atoms with E-state index in [1.165, 1.54) is 0 Å². The normalized spacial score (nSPS) is 14.5. The van der Waals surface area contributed by atoms with Crippen molar-refractivity contribution in [2.75, 3.05) is 0 Å². The van der Waals surface area contributed by atoms with Crippen LogP contribution in [-0.2, 0) is 20.8 Å². The van der Waals surface area contributed by atoms with Crippen LogP contribution in [0.1, 0.15) is 46.1 Å². The maximum atomic E-state index is 12.9. The van der Waals surface area contributed by atoms with Crippen molar-refractivity contribution >= 4 is 30.4 Å². The summed E-state index contributed by atoms with van der Waals surface area (Å²) in [4.78, 5) is 35.2. The Balaban J connectivity index is 2.94. The lowest BCUT2D eigenvalue weighted by molar-refractivity contribution is -0.142. The van der Waals surface area contributed by atoms with Gasteiger partial charge in [-0.1, -0.05) is 58.0 Å². The van der Waals surface area contributed by atoms with Gasteiger partial charge in [0.1, 0.15) is 6.04 Å². The molecule has 6 nitrogen and oxygen atoms in total. The second-order valence-corrected chi connectivity index (χ2v) is 8.42. The molecule has 0 unspecified atom stereocenters. The van der Waals surface area contributed by atoms with E-state index in [2.05, 4.69) is 23.3 Å². The third-order valence-electron chi connectivity index (χ3n) is 3.91. The molecule has 0 aliphatic rings. The lowest BCUT2D eigenvalue weighted by Crippen LogP contribution is -2.59. The molecule has 0 aliphatic carbocycles. The van der Waals surface area contributed by atoms with Crippen molar-refractivity contribution in [1.82, 2.24) is 10.6 Å². The first-order valence-electron chi connectivity index (χ1n) is 9.14. The Morgan fingerprint density at radius 3 is 2.15 bits per heavy atom. The zero-order chi connectivity index (χ0) is 20.6. The average molecular weight is 395 g/mol. The van der Waals surface area contributed by atoms with Gasteiger partial charge in [0, 0.05) is 12.8 Å². The molecule has 150 valence electrons. The number of carbonyl (C=O) groups is 3. The summed E-state index contributed by atoms with van der Waals surface area (Å²) in [5.41, 5.74) is 0.794. The lowest BCUT2D eigenvalue weighted by atomic mass is 10.00. The van der Waals surface area contributed by atoms with Gasteiger partial charge in [-0.05, 0) is 23.8 Å². The highest BCUT2D eigenvalue weighted by atomic mass is 32.1. The Kier molecular flexibility index (Phi) is 8.82. The predicted octanol–water partition coefficient (Wildman–Crippen LogP) is 2.63. The highest BCUT2D eigenvalue weighted by Gasteiger charge is 2.38. The molecule has 0 aliphatic heterocycles. The number of hydrogen-bond acceptors (Lipinski definition) is 4. The smallest absolute Gasteiger partial charge is 0.326 e. The molecule has 27 heavy (non-hydrogen) atoms. The van der Waals surface area contributed by atoms with Crippen LogP contribution in [0.2, 0.25) is 0 Å². The first-order valence-corrected chi connectivity index (χ1v) is 9.59. The summed E-state index contributed by atoms with van der Waals surface area (Å²) in [5.74, 6) is -1.83. The molecule has 3 N–H and O–H groups in total. The second kappa shape index (κ2) is 10.3. The van der Waals surface area contributed by atoms with E-state index in [1.807, 2.05) is 45.9 Å². The minimum absolute atomic E-state index is 0.0741. The molecule has 0 bridgehead atoms. The molecule has 2 atom stereocenters. The van der Waals surface area contributed by atoms with Crippen molar-refractivity contribution in [2.24, 2.45) is 11.8 Å². The zero-order valence-corrected chi connectivity index (χ0v) is 17.3. The van der Waals surface area contributed by atoms with Crippen LogP contribution < -0.4 is 10.6 Å². The fourth-order valence-corrected chi connectivity index (χ4v) is 3.33. The molecule has 0 saturated heterocycles. The number of amides is 2. The molecule has 0 aromatic heterocycles. The van der Waals surface area contributed by atoms with Crippen molar-refractivity contribution in [3.63, 3.8) is 0 Å². The Hall–Kier alpha value is -2.02. The Morgan fingerprint density at radius 2 is 1.67 bits per heavy atom. The molecule has 0 spiro atoms. The van der Waals surface area contributed by atoms with Crippen LogP contribution in [0.4, 0.5) is 0 Å². The van der Waals surface area contributed by atoms with E-state index >= 15 is 0 Å². The van der Waals surface area contributed by atoms with Gasteiger partial charge >= 0.3 is 5.97 Å². The van der Waals surface area contributed by atoms with Crippen LogP contribution in [0, 0.1) is 11.8 Å². The van der Waals surface area contributed by atoms with E-state index in [-0.39, 0.29) is 37.0 Å². The molecule has 0 radical (unpaired) electrons. The number of nitrogens with one attached hydrogen (secondary N) is 2. The minimum atomic E-state index is -1.47. The molecule has 7 heteroatoms. The Labute approximate surface area is 166 Å². The molecule has 0 fully saturated rings.